The molecule has 0 unspecified atom stereocenters. The summed E-state index contributed by atoms with van der Waals surface area (Å²) in [6, 6.07) is 12.5. The molecular formula is C19H22N2O5. The average molecular weight is 358 g/mol. The second-order valence-corrected chi connectivity index (χ2v) is 5.07. The lowest BCUT2D eigenvalue weighted by Gasteiger charge is -2.10. The minimum Gasteiger partial charge on any atom is -0.497 e. The van der Waals surface area contributed by atoms with Crippen LogP contribution in [0.4, 0.5) is 0 Å². The van der Waals surface area contributed by atoms with E-state index in [1.54, 1.807) is 44.6 Å². The van der Waals surface area contributed by atoms with E-state index in [1.165, 1.54) is 6.21 Å². The standard InChI is InChI=1S/C19H22N2O5/c1-4-25-16-7-5-6-8-17(16)26-13-19(22)21-20-12-14-9-10-15(23-2)11-18(14)24-3/h5-12H,4,13H2,1-3H3,(H,21,22)/b20-12-. The first-order valence-corrected chi connectivity index (χ1v) is 8.06. The van der Waals surface area contributed by atoms with Gasteiger partial charge in [-0.1, -0.05) is 12.1 Å². The number of hydrazone groups is 1. The molecule has 0 saturated heterocycles. The summed E-state index contributed by atoms with van der Waals surface area (Å²) >= 11 is 0. The van der Waals surface area contributed by atoms with Crippen molar-refractivity contribution in [2.75, 3.05) is 27.4 Å². The van der Waals surface area contributed by atoms with Crippen LogP contribution in [-0.4, -0.2) is 39.6 Å². The number of carbonyl (C=O) groups is 1. The first-order valence-electron chi connectivity index (χ1n) is 8.06. The van der Waals surface area contributed by atoms with Gasteiger partial charge in [-0.15, -0.1) is 0 Å². The van der Waals surface area contributed by atoms with Gasteiger partial charge in [0, 0.05) is 11.6 Å². The second-order valence-electron chi connectivity index (χ2n) is 5.07. The molecule has 0 atom stereocenters. The van der Waals surface area contributed by atoms with E-state index < -0.39 is 0 Å². The molecule has 1 N–H and O–H groups in total. The fourth-order valence-corrected chi connectivity index (χ4v) is 2.12. The zero-order chi connectivity index (χ0) is 18.8. The van der Waals surface area contributed by atoms with Crippen LogP contribution in [0.25, 0.3) is 0 Å². The summed E-state index contributed by atoms with van der Waals surface area (Å²) in [5, 5.41) is 3.92. The van der Waals surface area contributed by atoms with Gasteiger partial charge >= 0.3 is 0 Å². The second kappa shape index (κ2) is 9.93. The highest BCUT2D eigenvalue weighted by Crippen LogP contribution is 2.26. The van der Waals surface area contributed by atoms with Gasteiger partial charge in [-0.25, -0.2) is 5.43 Å². The quantitative estimate of drug-likeness (QED) is 0.551. The maximum absolute atomic E-state index is 11.9. The summed E-state index contributed by atoms with van der Waals surface area (Å²) < 4.78 is 21.3. The highest BCUT2D eigenvalue weighted by atomic mass is 16.5. The zero-order valence-corrected chi connectivity index (χ0v) is 15.0. The molecule has 0 radical (unpaired) electrons. The lowest BCUT2D eigenvalue weighted by atomic mass is 10.2. The van der Waals surface area contributed by atoms with Gasteiger partial charge in [0.15, 0.2) is 18.1 Å². The van der Waals surface area contributed by atoms with Gasteiger partial charge in [0.05, 0.1) is 27.0 Å². The van der Waals surface area contributed by atoms with Crippen LogP contribution >= 0.6 is 0 Å². The molecule has 0 aromatic heterocycles. The lowest BCUT2D eigenvalue weighted by Crippen LogP contribution is -2.24. The number of methoxy groups -OCH3 is 2. The number of amides is 1. The van der Waals surface area contributed by atoms with Crippen molar-refractivity contribution in [2.24, 2.45) is 5.10 Å². The Morgan fingerprint density at radius 3 is 2.42 bits per heavy atom. The van der Waals surface area contributed by atoms with E-state index in [1.807, 2.05) is 19.1 Å². The molecule has 138 valence electrons. The molecule has 7 heteroatoms. The molecular weight excluding hydrogens is 336 g/mol. The molecule has 0 heterocycles. The van der Waals surface area contributed by atoms with E-state index in [2.05, 4.69) is 10.5 Å². The van der Waals surface area contributed by atoms with Crippen molar-refractivity contribution in [1.29, 1.82) is 0 Å². The SMILES string of the molecule is CCOc1ccccc1OCC(=O)N/N=C\c1ccc(OC)cc1OC. The van der Waals surface area contributed by atoms with Crippen molar-refractivity contribution in [3.63, 3.8) is 0 Å². The Hall–Kier alpha value is -3.22. The van der Waals surface area contributed by atoms with Gasteiger partial charge in [-0.05, 0) is 31.2 Å². The molecule has 0 spiro atoms. The van der Waals surface area contributed by atoms with E-state index in [0.717, 1.165) is 0 Å². The van der Waals surface area contributed by atoms with E-state index in [9.17, 15) is 4.79 Å². The Labute approximate surface area is 152 Å². The third-order valence-corrected chi connectivity index (χ3v) is 3.34. The first-order chi connectivity index (χ1) is 12.7. The zero-order valence-electron chi connectivity index (χ0n) is 15.0. The monoisotopic (exact) mass is 358 g/mol. The van der Waals surface area contributed by atoms with Crippen LogP contribution in [0.1, 0.15) is 12.5 Å². The molecule has 0 aliphatic carbocycles. The third kappa shape index (κ3) is 5.41. The van der Waals surface area contributed by atoms with Crippen molar-refractivity contribution < 1.29 is 23.7 Å². The predicted molar refractivity (Wildman–Crippen MR) is 98.4 cm³/mol. The Morgan fingerprint density at radius 1 is 1.04 bits per heavy atom. The average Bonchev–Trinajstić information content (AvgIpc) is 2.67. The summed E-state index contributed by atoms with van der Waals surface area (Å²) in [5.41, 5.74) is 3.12. The predicted octanol–water partition coefficient (Wildman–Crippen LogP) is 2.63. The highest BCUT2D eigenvalue weighted by molar-refractivity contribution is 5.85. The Kier molecular flexibility index (Phi) is 7.30. The molecule has 0 aliphatic rings. The number of hydrogen-bond donors (Lipinski definition) is 1. The van der Waals surface area contributed by atoms with Crippen LogP contribution in [0.15, 0.2) is 47.6 Å². The van der Waals surface area contributed by atoms with Crippen molar-refractivity contribution >= 4 is 12.1 Å². The van der Waals surface area contributed by atoms with Crippen LogP contribution in [0.2, 0.25) is 0 Å². The van der Waals surface area contributed by atoms with Crippen LogP contribution in [0.5, 0.6) is 23.0 Å². The number of nitrogens with zero attached hydrogens (tertiary/aromatic N) is 1. The maximum atomic E-state index is 11.9. The molecule has 26 heavy (non-hydrogen) atoms. The van der Waals surface area contributed by atoms with Crippen molar-refractivity contribution in [1.82, 2.24) is 5.43 Å². The summed E-state index contributed by atoms with van der Waals surface area (Å²) in [6.45, 7) is 2.22. The van der Waals surface area contributed by atoms with Gasteiger partial charge in [-0.2, -0.15) is 5.10 Å². The number of benzene rings is 2. The molecule has 2 rings (SSSR count). The van der Waals surface area contributed by atoms with E-state index in [4.69, 9.17) is 18.9 Å². The smallest absolute Gasteiger partial charge is 0.277 e. The number of nitrogens with one attached hydrogen (secondary N) is 1. The van der Waals surface area contributed by atoms with Crippen LogP contribution in [0.3, 0.4) is 0 Å². The first kappa shape index (κ1) is 19.1. The maximum Gasteiger partial charge on any atom is 0.277 e. The minimum atomic E-state index is -0.389. The summed E-state index contributed by atoms with van der Waals surface area (Å²) in [7, 11) is 3.13. The molecule has 1 amide bonds. The van der Waals surface area contributed by atoms with Crippen LogP contribution in [-0.2, 0) is 4.79 Å². The fourth-order valence-electron chi connectivity index (χ4n) is 2.12. The van der Waals surface area contributed by atoms with Crippen LogP contribution in [0, 0.1) is 0 Å². The van der Waals surface area contributed by atoms with E-state index in [0.29, 0.717) is 35.2 Å². The van der Waals surface area contributed by atoms with Gasteiger partial charge in [0.25, 0.3) is 5.91 Å². The molecule has 7 nitrogen and oxygen atoms in total. The summed E-state index contributed by atoms with van der Waals surface area (Å²) in [4.78, 5) is 11.9. The van der Waals surface area contributed by atoms with Gasteiger partial charge in [0.2, 0.25) is 0 Å². The molecule has 0 saturated carbocycles. The lowest BCUT2D eigenvalue weighted by molar-refractivity contribution is -0.123. The molecule has 2 aromatic rings. The van der Waals surface area contributed by atoms with E-state index in [-0.39, 0.29) is 12.5 Å². The largest absolute Gasteiger partial charge is 0.497 e. The summed E-state index contributed by atoms with van der Waals surface area (Å²) in [6.07, 6.45) is 1.49. The highest BCUT2D eigenvalue weighted by Gasteiger charge is 2.07. The Balaban J connectivity index is 1.90. The topological polar surface area (TPSA) is 78.4 Å². The van der Waals surface area contributed by atoms with Gasteiger partial charge in [-0.3, -0.25) is 4.79 Å². The van der Waals surface area contributed by atoms with E-state index >= 15 is 0 Å². The van der Waals surface area contributed by atoms with Crippen molar-refractivity contribution in [2.45, 2.75) is 6.92 Å². The molecule has 0 bridgehead atoms. The van der Waals surface area contributed by atoms with Gasteiger partial charge < -0.3 is 18.9 Å². The molecule has 0 fully saturated rings. The normalized spacial score (nSPS) is 10.4. The number of hydrogen-bond acceptors (Lipinski definition) is 6. The van der Waals surface area contributed by atoms with Crippen LogP contribution < -0.4 is 24.4 Å². The number of para-hydroxylation sites is 2. The number of ether oxygens (including phenoxy) is 4. The summed E-state index contributed by atoms with van der Waals surface area (Å²) in [5.74, 6) is 1.97. The Bertz CT molecular complexity index is 761. The third-order valence-electron chi connectivity index (χ3n) is 3.34. The fraction of sp³-hybridized carbons (Fsp3) is 0.263. The van der Waals surface area contributed by atoms with Crippen molar-refractivity contribution in [3.8, 4) is 23.0 Å². The van der Waals surface area contributed by atoms with Crippen molar-refractivity contribution in [3.05, 3.63) is 48.0 Å². The number of carbonyl (C=O) groups excluding carboxylic acids is 1. The molecule has 0 aliphatic heterocycles. The Morgan fingerprint density at radius 2 is 1.77 bits per heavy atom. The number of rotatable bonds is 9. The minimum absolute atomic E-state index is 0.179. The van der Waals surface area contributed by atoms with Gasteiger partial charge in [0.1, 0.15) is 11.5 Å². The molecule has 2 aromatic carbocycles.